The molecule has 1 saturated heterocycles. The molecule has 156 valence electrons. The van der Waals surface area contributed by atoms with E-state index in [1.54, 1.807) is 12.4 Å². The van der Waals surface area contributed by atoms with Gasteiger partial charge in [-0.15, -0.1) is 11.3 Å². The lowest BCUT2D eigenvalue weighted by atomic mass is 10.2. The van der Waals surface area contributed by atoms with E-state index in [9.17, 15) is 9.59 Å². The van der Waals surface area contributed by atoms with Crippen LogP contribution in [0.3, 0.4) is 0 Å². The number of piperazine rings is 1. The van der Waals surface area contributed by atoms with Crippen LogP contribution in [0.25, 0.3) is 0 Å². The van der Waals surface area contributed by atoms with Gasteiger partial charge in [-0.1, -0.05) is 37.0 Å². The Labute approximate surface area is 177 Å². The van der Waals surface area contributed by atoms with Crippen LogP contribution in [0.4, 0.5) is 15.6 Å². The Morgan fingerprint density at radius 3 is 2.45 bits per heavy atom. The van der Waals surface area contributed by atoms with Crippen LogP contribution in [0.5, 0.6) is 0 Å². The Morgan fingerprint density at radius 1 is 1.17 bits per heavy atom. The first-order valence-corrected chi connectivity index (χ1v) is 14.2. The Kier molecular flexibility index (Phi) is 6.28. The highest BCUT2D eigenvalue weighted by atomic mass is 32.1. The number of carbonyl (C=O) groups excluding carboxylic acids is 2. The number of anilines is 2. The van der Waals surface area contributed by atoms with E-state index in [1.165, 1.54) is 16.5 Å². The number of benzene rings is 1. The van der Waals surface area contributed by atoms with Crippen LogP contribution in [-0.4, -0.2) is 62.6 Å². The molecule has 7 nitrogen and oxygen atoms in total. The predicted octanol–water partition coefficient (Wildman–Crippen LogP) is 2.79. The second-order valence-corrected chi connectivity index (χ2v) is 14.3. The number of carbonyl (C=O) groups is 2. The van der Waals surface area contributed by atoms with E-state index in [0.29, 0.717) is 25.3 Å². The smallest absolute Gasteiger partial charge is 0.322 e. The van der Waals surface area contributed by atoms with Crippen molar-refractivity contribution < 1.29 is 9.59 Å². The summed E-state index contributed by atoms with van der Waals surface area (Å²) in [7, 11) is 0.251. The minimum absolute atomic E-state index is 0.0392. The van der Waals surface area contributed by atoms with E-state index < -0.39 is 8.07 Å². The molecule has 1 aliphatic heterocycles. The van der Waals surface area contributed by atoms with E-state index in [-0.39, 0.29) is 18.0 Å². The number of nitrogens with zero attached hydrogens (tertiary/aromatic N) is 3. The van der Waals surface area contributed by atoms with Gasteiger partial charge in [-0.25, -0.2) is 9.78 Å². The van der Waals surface area contributed by atoms with E-state index in [0.717, 1.165) is 10.8 Å². The lowest BCUT2D eigenvalue weighted by Crippen LogP contribution is -2.55. The largest absolute Gasteiger partial charge is 0.354 e. The summed E-state index contributed by atoms with van der Waals surface area (Å²) in [6.07, 6.45) is 0. The quantitative estimate of drug-likeness (QED) is 0.730. The van der Waals surface area contributed by atoms with Gasteiger partial charge in [0.1, 0.15) is 5.69 Å². The molecule has 2 aromatic rings. The van der Waals surface area contributed by atoms with Crippen LogP contribution in [0.15, 0.2) is 29.6 Å². The summed E-state index contributed by atoms with van der Waals surface area (Å²) in [5.74, 6) is -0.182. The van der Waals surface area contributed by atoms with Gasteiger partial charge in [-0.2, -0.15) is 0 Å². The second kappa shape index (κ2) is 8.54. The highest BCUT2D eigenvalue weighted by molar-refractivity contribution is 7.13. The molecular formula is C20H29N5O2SSi. The summed E-state index contributed by atoms with van der Waals surface area (Å²) in [5, 5.41) is 9.57. The number of thiazole rings is 1. The van der Waals surface area contributed by atoms with E-state index in [1.807, 2.05) is 24.0 Å². The Morgan fingerprint density at radius 2 is 1.86 bits per heavy atom. The van der Waals surface area contributed by atoms with Crippen molar-refractivity contribution in [2.24, 2.45) is 0 Å². The third-order valence-corrected chi connectivity index (χ3v) is 8.08. The van der Waals surface area contributed by atoms with Crippen molar-refractivity contribution in [3.05, 3.63) is 35.3 Å². The lowest BCUT2D eigenvalue weighted by molar-refractivity contribution is 0.0959. The number of amides is 3. The average Bonchev–Trinajstić information content (AvgIpc) is 3.17. The average molecular weight is 432 g/mol. The molecule has 1 aromatic heterocycles. The zero-order valence-corrected chi connectivity index (χ0v) is 19.5. The molecule has 0 aliphatic carbocycles. The molecule has 1 aliphatic rings. The fourth-order valence-electron chi connectivity index (χ4n) is 3.32. The molecule has 3 rings (SSSR count). The van der Waals surface area contributed by atoms with Crippen molar-refractivity contribution in [1.82, 2.24) is 15.2 Å². The highest BCUT2D eigenvalue weighted by Gasteiger charge is 2.29. The van der Waals surface area contributed by atoms with Gasteiger partial charge in [0.05, 0.1) is 8.07 Å². The Balaban J connectivity index is 1.60. The maximum absolute atomic E-state index is 12.8. The summed E-state index contributed by atoms with van der Waals surface area (Å²) in [6, 6.07) is 8.18. The number of rotatable bonds is 4. The first kappa shape index (κ1) is 21.3. The summed E-state index contributed by atoms with van der Waals surface area (Å²) in [5.41, 5.74) is 1.25. The van der Waals surface area contributed by atoms with Crippen LogP contribution < -0.4 is 20.7 Å². The topological polar surface area (TPSA) is 77.6 Å². The molecule has 3 amide bonds. The van der Waals surface area contributed by atoms with Crippen LogP contribution in [0, 0.1) is 0 Å². The molecule has 0 saturated carbocycles. The SMILES string of the molecule is CNC(=O)c1csc(N2CCN(C(=O)Nc3ccc([Si](C)(C)C)cc3)C(C)C2)n1. The van der Waals surface area contributed by atoms with Gasteiger partial charge >= 0.3 is 6.03 Å². The number of urea groups is 1. The van der Waals surface area contributed by atoms with Crippen LogP contribution in [-0.2, 0) is 0 Å². The van der Waals surface area contributed by atoms with Crippen molar-refractivity contribution in [3.63, 3.8) is 0 Å². The van der Waals surface area contributed by atoms with E-state index in [4.69, 9.17) is 0 Å². The third kappa shape index (κ3) is 4.97. The van der Waals surface area contributed by atoms with Crippen LogP contribution >= 0.6 is 11.3 Å². The molecule has 1 unspecified atom stereocenters. The van der Waals surface area contributed by atoms with Crippen LogP contribution in [0.1, 0.15) is 17.4 Å². The van der Waals surface area contributed by atoms with E-state index >= 15 is 0 Å². The highest BCUT2D eigenvalue weighted by Crippen LogP contribution is 2.24. The van der Waals surface area contributed by atoms with E-state index in [2.05, 4.69) is 52.3 Å². The van der Waals surface area contributed by atoms with Crippen molar-refractivity contribution >= 4 is 47.4 Å². The molecule has 0 spiro atoms. The molecule has 2 N–H and O–H groups in total. The molecular weight excluding hydrogens is 402 g/mol. The van der Waals surface area contributed by atoms with Gasteiger partial charge in [0.15, 0.2) is 5.13 Å². The first-order chi connectivity index (χ1) is 13.7. The number of hydrogen-bond donors (Lipinski definition) is 2. The fraction of sp³-hybridized carbons (Fsp3) is 0.450. The number of aromatic nitrogens is 1. The van der Waals surface area contributed by atoms with Gasteiger partial charge in [-0.05, 0) is 19.1 Å². The molecule has 0 bridgehead atoms. The van der Waals surface area contributed by atoms with Gasteiger partial charge in [0.2, 0.25) is 0 Å². The molecule has 9 heteroatoms. The summed E-state index contributed by atoms with van der Waals surface area (Å²) < 4.78 is 0. The minimum Gasteiger partial charge on any atom is -0.354 e. The van der Waals surface area contributed by atoms with Gasteiger partial charge in [-0.3, -0.25) is 4.79 Å². The molecule has 1 fully saturated rings. The zero-order valence-electron chi connectivity index (χ0n) is 17.7. The summed E-state index contributed by atoms with van der Waals surface area (Å²) in [4.78, 5) is 32.9. The van der Waals surface area contributed by atoms with Crippen molar-refractivity contribution in [1.29, 1.82) is 0 Å². The number of hydrogen-bond acceptors (Lipinski definition) is 5. The lowest BCUT2D eigenvalue weighted by Gasteiger charge is -2.39. The standard InChI is InChI=1S/C20H29N5O2SSi/c1-14-12-24(20-23-17(13-28-20)18(26)21-2)10-11-25(14)19(27)22-15-6-8-16(9-7-15)29(3,4)5/h6-9,13-14H,10-12H2,1-5H3,(H,21,26)(H,22,27). The monoisotopic (exact) mass is 431 g/mol. The first-order valence-electron chi connectivity index (χ1n) is 9.80. The van der Waals surface area contributed by atoms with Gasteiger partial charge in [0.25, 0.3) is 5.91 Å². The van der Waals surface area contributed by atoms with Gasteiger partial charge in [0, 0.05) is 43.8 Å². The Bertz CT molecular complexity index is 878. The maximum atomic E-state index is 12.8. The van der Waals surface area contributed by atoms with Crippen LogP contribution in [0.2, 0.25) is 19.6 Å². The van der Waals surface area contributed by atoms with Crippen molar-refractivity contribution in [3.8, 4) is 0 Å². The second-order valence-electron chi connectivity index (χ2n) is 8.34. The van der Waals surface area contributed by atoms with Gasteiger partial charge < -0.3 is 20.4 Å². The maximum Gasteiger partial charge on any atom is 0.322 e. The minimum atomic E-state index is -1.35. The van der Waals surface area contributed by atoms with Crippen molar-refractivity contribution in [2.75, 3.05) is 36.9 Å². The Hall–Kier alpha value is -2.39. The molecule has 29 heavy (non-hydrogen) atoms. The molecule has 0 radical (unpaired) electrons. The third-order valence-electron chi connectivity index (χ3n) is 5.11. The predicted molar refractivity (Wildman–Crippen MR) is 122 cm³/mol. The number of nitrogens with one attached hydrogen (secondary N) is 2. The molecule has 2 heterocycles. The molecule has 1 aromatic carbocycles. The summed E-state index contributed by atoms with van der Waals surface area (Å²) in [6.45, 7) is 10.9. The van der Waals surface area contributed by atoms with Crippen molar-refractivity contribution in [2.45, 2.75) is 32.6 Å². The fourth-order valence-corrected chi connectivity index (χ4v) is 5.33. The summed E-state index contributed by atoms with van der Waals surface area (Å²) >= 11 is 1.46. The normalized spacial score (nSPS) is 17.2. The zero-order chi connectivity index (χ0) is 21.2. The molecule has 1 atom stereocenters.